The molecule has 2 fully saturated rings. The van der Waals surface area contributed by atoms with Crippen LogP contribution in [-0.4, -0.2) is 0 Å². The average molecular weight is 414 g/mol. The van der Waals surface area contributed by atoms with Gasteiger partial charge in [0.2, 0.25) is 0 Å². The van der Waals surface area contributed by atoms with Crippen molar-refractivity contribution in [3.63, 3.8) is 0 Å². The fourth-order valence-electron chi connectivity index (χ4n) is 6.28. The van der Waals surface area contributed by atoms with Crippen LogP contribution in [0.4, 0.5) is 0 Å². The molecule has 0 amide bonds. The molecule has 0 spiro atoms. The van der Waals surface area contributed by atoms with Gasteiger partial charge in [-0.2, -0.15) is 5.26 Å². The molecule has 31 heavy (non-hydrogen) atoms. The molecule has 4 rings (SSSR count). The molecule has 0 radical (unpaired) electrons. The fraction of sp³-hybridized carbons (Fsp3) is 0.567. The topological polar surface area (TPSA) is 23.8 Å². The molecule has 1 nitrogen and oxygen atoms in total. The third-order valence-electron chi connectivity index (χ3n) is 8.29. The number of hydrogen-bond acceptors (Lipinski definition) is 1. The molecule has 0 N–H and O–H groups in total. The zero-order valence-electron chi connectivity index (χ0n) is 19.4. The number of nitriles is 1. The van der Waals surface area contributed by atoms with Crippen LogP contribution >= 0.6 is 0 Å². The van der Waals surface area contributed by atoms with Crippen LogP contribution in [0.15, 0.2) is 48.5 Å². The second-order valence-electron chi connectivity index (χ2n) is 10.3. The van der Waals surface area contributed by atoms with Crippen molar-refractivity contribution < 1.29 is 0 Å². The van der Waals surface area contributed by atoms with E-state index >= 15 is 0 Å². The summed E-state index contributed by atoms with van der Waals surface area (Å²) >= 11 is 0. The molecule has 2 aliphatic carbocycles. The van der Waals surface area contributed by atoms with Crippen molar-refractivity contribution in [1.82, 2.24) is 0 Å². The van der Waals surface area contributed by atoms with Gasteiger partial charge in [0.15, 0.2) is 0 Å². The zero-order chi connectivity index (χ0) is 21.5. The first-order chi connectivity index (χ1) is 15.2. The van der Waals surface area contributed by atoms with E-state index in [1.54, 1.807) is 0 Å². The molecule has 0 unspecified atom stereocenters. The van der Waals surface area contributed by atoms with Crippen LogP contribution in [0.1, 0.15) is 88.7 Å². The highest BCUT2D eigenvalue weighted by Gasteiger charge is 2.30. The van der Waals surface area contributed by atoms with Gasteiger partial charge in [0.1, 0.15) is 0 Å². The lowest BCUT2D eigenvalue weighted by atomic mass is 9.68. The van der Waals surface area contributed by atoms with E-state index in [2.05, 4.69) is 37.3 Å². The molecule has 0 aliphatic heterocycles. The molecule has 2 aliphatic rings. The van der Waals surface area contributed by atoms with E-state index in [1.165, 1.54) is 93.7 Å². The highest BCUT2D eigenvalue weighted by Crippen LogP contribution is 2.43. The SMILES string of the molecule is CCC[C@H]1CC[C@H](C2CCC(CCc3ccc(-c4ccc(C#N)cc4)cc3)CC2)CC1. The van der Waals surface area contributed by atoms with Gasteiger partial charge in [0.05, 0.1) is 11.6 Å². The number of rotatable bonds is 7. The van der Waals surface area contributed by atoms with Crippen molar-refractivity contribution in [1.29, 1.82) is 5.26 Å². The predicted molar refractivity (Wildman–Crippen MR) is 131 cm³/mol. The minimum absolute atomic E-state index is 0.722. The van der Waals surface area contributed by atoms with Gasteiger partial charge in [-0.05, 0) is 91.0 Å². The van der Waals surface area contributed by atoms with Gasteiger partial charge in [-0.25, -0.2) is 0 Å². The Morgan fingerprint density at radius 3 is 1.65 bits per heavy atom. The third kappa shape index (κ3) is 6.00. The van der Waals surface area contributed by atoms with Gasteiger partial charge in [0, 0.05) is 0 Å². The van der Waals surface area contributed by atoms with E-state index in [-0.39, 0.29) is 0 Å². The Morgan fingerprint density at radius 2 is 1.16 bits per heavy atom. The number of hydrogen-bond donors (Lipinski definition) is 0. The molecule has 1 heteroatoms. The summed E-state index contributed by atoms with van der Waals surface area (Å²) in [5.41, 5.74) is 4.61. The van der Waals surface area contributed by atoms with Gasteiger partial charge in [0.25, 0.3) is 0 Å². The molecule has 2 saturated carbocycles. The smallest absolute Gasteiger partial charge is 0.0991 e. The summed E-state index contributed by atoms with van der Waals surface area (Å²) in [4.78, 5) is 0. The average Bonchev–Trinajstić information content (AvgIpc) is 2.84. The van der Waals surface area contributed by atoms with Crippen molar-refractivity contribution in [2.45, 2.75) is 84.0 Å². The van der Waals surface area contributed by atoms with Crippen LogP contribution in [0.25, 0.3) is 11.1 Å². The van der Waals surface area contributed by atoms with Crippen LogP contribution in [0.2, 0.25) is 0 Å². The second kappa shape index (κ2) is 11.0. The molecule has 164 valence electrons. The van der Waals surface area contributed by atoms with Crippen molar-refractivity contribution >= 4 is 0 Å². The summed E-state index contributed by atoms with van der Waals surface area (Å²) in [5, 5.41) is 8.96. The molecule has 0 aromatic heterocycles. The van der Waals surface area contributed by atoms with Gasteiger partial charge in [-0.15, -0.1) is 0 Å². The summed E-state index contributed by atoms with van der Waals surface area (Å²) in [6, 6.07) is 19.2. The normalized spacial score (nSPS) is 26.3. The molecular weight excluding hydrogens is 374 g/mol. The Morgan fingerprint density at radius 1 is 0.677 bits per heavy atom. The zero-order valence-corrected chi connectivity index (χ0v) is 19.4. The molecule has 0 bridgehead atoms. The van der Waals surface area contributed by atoms with Gasteiger partial charge in [-0.1, -0.05) is 81.8 Å². The summed E-state index contributed by atoms with van der Waals surface area (Å²) in [6.07, 6.45) is 17.4. The lowest BCUT2D eigenvalue weighted by Crippen LogP contribution is -2.26. The highest BCUT2D eigenvalue weighted by molar-refractivity contribution is 5.64. The van der Waals surface area contributed by atoms with Gasteiger partial charge < -0.3 is 0 Å². The van der Waals surface area contributed by atoms with Crippen molar-refractivity contribution in [2.24, 2.45) is 23.7 Å². The van der Waals surface area contributed by atoms with E-state index in [9.17, 15) is 0 Å². The van der Waals surface area contributed by atoms with Crippen LogP contribution in [0.3, 0.4) is 0 Å². The highest BCUT2D eigenvalue weighted by atomic mass is 14.4. The minimum Gasteiger partial charge on any atom is -0.192 e. The molecule has 0 saturated heterocycles. The monoisotopic (exact) mass is 413 g/mol. The Labute approximate surface area is 189 Å². The Balaban J connectivity index is 1.20. The first-order valence-corrected chi connectivity index (χ1v) is 12.8. The quantitative estimate of drug-likeness (QED) is 0.446. The van der Waals surface area contributed by atoms with Gasteiger partial charge >= 0.3 is 0 Å². The van der Waals surface area contributed by atoms with E-state index in [4.69, 9.17) is 5.26 Å². The van der Waals surface area contributed by atoms with E-state index in [1.807, 2.05) is 24.3 Å². The van der Waals surface area contributed by atoms with Crippen LogP contribution in [0, 0.1) is 35.0 Å². The standard InChI is InChI=1S/C30H39N/c1-2-3-23-6-14-27(15-7-23)28-16-8-24(9-17-28)4-5-25-10-18-29(19-11-25)30-20-12-26(22-31)13-21-30/h10-13,18-21,23-24,27-28H,2-9,14-17H2,1H3/t23-,24?,27-,28?. The fourth-order valence-corrected chi connectivity index (χ4v) is 6.28. The Bertz CT molecular complexity index is 825. The number of nitrogens with zero attached hydrogens (tertiary/aromatic N) is 1. The lowest BCUT2D eigenvalue weighted by molar-refractivity contribution is 0.141. The maximum atomic E-state index is 8.96. The summed E-state index contributed by atoms with van der Waals surface area (Å²) < 4.78 is 0. The Hall–Kier alpha value is -2.07. The maximum Gasteiger partial charge on any atom is 0.0991 e. The number of benzene rings is 2. The summed E-state index contributed by atoms with van der Waals surface area (Å²) in [5.74, 6) is 4.06. The summed E-state index contributed by atoms with van der Waals surface area (Å²) in [7, 11) is 0. The molecule has 0 atom stereocenters. The first kappa shape index (κ1) is 22.1. The maximum absolute atomic E-state index is 8.96. The predicted octanol–water partition coefficient (Wildman–Crippen LogP) is 8.57. The molecular formula is C30H39N. The third-order valence-corrected chi connectivity index (χ3v) is 8.29. The van der Waals surface area contributed by atoms with E-state index in [0.29, 0.717) is 0 Å². The first-order valence-electron chi connectivity index (χ1n) is 12.8. The molecule has 2 aromatic rings. The Kier molecular flexibility index (Phi) is 7.85. The summed E-state index contributed by atoms with van der Waals surface area (Å²) in [6.45, 7) is 2.34. The van der Waals surface area contributed by atoms with Crippen molar-refractivity contribution in [3.8, 4) is 17.2 Å². The van der Waals surface area contributed by atoms with Crippen molar-refractivity contribution in [3.05, 3.63) is 59.7 Å². The van der Waals surface area contributed by atoms with Crippen LogP contribution in [-0.2, 0) is 6.42 Å². The number of aryl methyl sites for hydroxylation is 1. The van der Waals surface area contributed by atoms with E-state index in [0.717, 1.165) is 29.2 Å². The van der Waals surface area contributed by atoms with Crippen LogP contribution in [0.5, 0.6) is 0 Å². The minimum atomic E-state index is 0.722. The lowest BCUT2D eigenvalue weighted by Gasteiger charge is -2.38. The molecule has 2 aromatic carbocycles. The second-order valence-corrected chi connectivity index (χ2v) is 10.3. The van der Waals surface area contributed by atoms with Gasteiger partial charge in [-0.3, -0.25) is 0 Å². The largest absolute Gasteiger partial charge is 0.192 e. The molecule has 0 heterocycles. The van der Waals surface area contributed by atoms with Crippen LogP contribution < -0.4 is 0 Å². The van der Waals surface area contributed by atoms with E-state index < -0.39 is 0 Å². The van der Waals surface area contributed by atoms with Crippen molar-refractivity contribution in [2.75, 3.05) is 0 Å².